The molecule has 0 bridgehead atoms. The second kappa shape index (κ2) is 5.70. The molecule has 2 N–H and O–H groups in total. The van der Waals surface area contributed by atoms with Crippen molar-refractivity contribution in [2.24, 2.45) is 5.92 Å². The lowest BCUT2D eigenvalue weighted by atomic mass is 9.99. The number of aliphatic hydroxyl groups excluding tert-OH is 1. The lowest BCUT2D eigenvalue weighted by Crippen LogP contribution is -2.36. The van der Waals surface area contributed by atoms with Crippen molar-refractivity contribution in [2.45, 2.75) is 12.8 Å². The Bertz CT molecular complexity index is 169. The standard InChI is InChI=1S/C8H17NO3S/c10-6-5-9-3-1-8(2-4-9)7-13(11)12/h8,10H,1-7H2,(H,11,12). The van der Waals surface area contributed by atoms with Crippen LogP contribution in [0.15, 0.2) is 0 Å². The fraction of sp³-hybridized carbons (Fsp3) is 1.00. The van der Waals surface area contributed by atoms with Gasteiger partial charge in [-0.3, -0.25) is 0 Å². The predicted molar refractivity (Wildman–Crippen MR) is 51.9 cm³/mol. The van der Waals surface area contributed by atoms with Crippen LogP contribution in [0, 0.1) is 5.92 Å². The molecule has 13 heavy (non-hydrogen) atoms. The van der Waals surface area contributed by atoms with Gasteiger partial charge in [-0.2, -0.15) is 0 Å². The first-order chi connectivity index (χ1) is 6.22. The van der Waals surface area contributed by atoms with Crippen LogP contribution in [0.3, 0.4) is 0 Å². The zero-order valence-electron chi connectivity index (χ0n) is 7.69. The van der Waals surface area contributed by atoms with Gasteiger partial charge in [0.1, 0.15) is 0 Å². The van der Waals surface area contributed by atoms with Crippen molar-refractivity contribution in [1.29, 1.82) is 0 Å². The first-order valence-electron chi connectivity index (χ1n) is 4.63. The lowest BCUT2D eigenvalue weighted by molar-refractivity contribution is 0.153. The highest BCUT2D eigenvalue weighted by Gasteiger charge is 2.19. The van der Waals surface area contributed by atoms with Gasteiger partial charge in [-0.25, -0.2) is 4.21 Å². The van der Waals surface area contributed by atoms with E-state index in [1.54, 1.807) is 0 Å². The number of piperidine rings is 1. The molecule has 0 aromatic rings. The van der Waals surface area contributed by atoms with Crippen molar-refractivity contribution < 1.29 is 13.9 Å². The molecule has 4 nitrogen and oxygen atoms in total. The third kappa shape index (κ3) is 4.17. The summed E-state index contributed by atoms with van der Waals surface area (Å²) in [5.74, 6) is 0.799. The highest BCUT2D eigenvalue weighted by Crippen LogP contribution is 2.17. The van der Waals surface area contributed by atoms with Crippen molar-refractivity contribution in [3.8, 4) is 0 Å². The Morgan fingerprint density at radius 1 is 1.38 bits per heavy atom. The minimum atomic E-state index is -1.65. The molecule has 0 spiro atoms. The summed E-state index contributed by atoms with van der Waals surface area (Å²) < 4.78 is 19.2. The van der Waals surface area contributed by atoms with Crippen molar-refractivity contribution in [3.63, 3.8) is 0 Å². The Hall–Kier alpha value is 0.0300. The topological polar surface area (TPSA) is 60.8 Å². The van der Waals surface area contributed by atoms with Crippen LogP contribution >= 0.6 is 0 Å². The molecule has 1 unspecified atom stereocenters. The number of β-amino-alcohol motifs (C(OH)–C–C–N with tert-alkyl or cyclic N) is 1. The minimum absolute atomic E-state index is 0.205. The maximum atomic E-state index is 10.5. The molecule has 0 aliphatic carbocycles. The molecule has 78 valence electrons. The SMILES string of the molecule is O=S(O)CC1CCN(CCO)CC1. The lowest BCUT2D eigenvalue weighted by Gasteiger charge is -2.30. The van der Waals surface area contributed by atoms with Gasteiger partial charge in [0.15, 0.2) is 11.1 Å². The molecule has 0 aromatic carbocycles. The van der Waals surface area contributed by atoms with Gasteiger partial charge in [-0.05, 0) is 31.8 Å². The van der Waals surface area contributed by atoms with Gasteiger partial charge in [0.2, 0.25) is 0 Å². The van der Waals surface area contributed by atoms with Crippen LogP contribution in [-0.2, 0) is 11.1 Å². The van der Waals surface area contributed by atoms with Crippen LogP contribution in [0.5, 0.6) is 0 Å². The number of rotatable bonds is 4. The van der Waals surface area contributed by atoms with Crippen LogP contribution in [0.25, 0.3) is 0 Å². The summed E-state index contributed by atoms with van der Waals surface area (Å²) >= 11 is -1.65. The summed E-state index contributed by atoms with van der Waals surface area (Å²) in [4.78, 5) is 2.19. The van der Waals surface area contributed by atoms with Gasteiger partial charge in [0.05, 0.1) is 12.4 Å². The van der Waals surface area contributed by atoms with E-state index in [4.69, 9.17) is 9.66 Å². The van der Waals surface area contributed by atoms with Crippen molar-refractivity contribution in [3.05, 3.63) is 0 Å². The number of likely N-dealkylation sites (tertiary alicyclic amines) is 1. The molecule has 1 aliphatic heterocycles. The molecular formula is C8H17NO3S. The van der Waals surface area contributed by atoms with Crippen molar-refractivity contribution in [1.82, 2.24) is 4.90 Å². The van der Waals surface area contributed by atoms with Gasteiger partial charge in [0.25, 0.3) is 0 Å². The molecule has 5 heteroatoms. The normalized spacial score (nSPS) is 23.2. The predicted octanol–water partition coefficient (Wildman–Crippen LogP) is -0.0876. The summed E-state index contributed by atoms with van der Waals surface area (Å²) in [5.41, 5.74) is 0. The second-order valence-electron chi connectivity index (χ2n) is 3.50. The number of hydrogen-bond acceptors (Lipinski definition) is 3. The smallest absolute Gasteiger partial charge is 0.153 e. The van der Waals surface area contributed by atoms with Crippen molar-refractivity contribution in [2.75, 3.05) is 32.0 Å². The van der Waals surface area contributed by atoms with E-state index in [9.17, 15) is 4.21 Å². The highest BCUT2D eigenvalue weighted by atomic mass is 32.2. The van der Waals surface area contributed by atoms with Crippen LogP contribution in [0.1, 0.15) is 12.8 Å². The number of nitrogens with zero attached hydrogens (tertiary/aromatic N) is 1. The van der Waals surface area contributed by atoms with Gasteiger partial charge in [0, 0.05) is 6.54 Å². The zero-order chi connectivity index (χ0) is 9.68. The second-order valence-corrected chi connectivity index (χ2v) is 4.47. The minimum Gasteiger partial charge on any atom is -0.395 e. The van der Waals surface area contributed by atoms with Crippen molar-refractivity contribution >= 4 is 11.1 Å². The number of aliphatic hydroxyl groups is 1. The van der Waals surface area contributed by atoms with E-state index in [1.807, 2.05) is 0 Å². The summed E-state index contributed by atoms with van der Waals surface area (Å²) in [6, 6.07) is 0. The largest absolute Gasteiger partial charge is 0.395 e. The fourth-order valence-electron chi connectivity index (χ4n) is 1.72. The van der Waals surface area contributed by atoms with Gasteiger partial charge in [-0.15, -0.1) is 0 Å². The quantitative estimate of drug-likeness (QED) is 0.633. The maximum absolute atomic E-state index is 10.5. The molecule has 1 saturated heterocycles. The summed E-state index contributed by atoms with van der Waals surface area (Å²) in [6.45, 7) is 2.83. The Morgan fingerprint density at radius 3 is 2.46 bits per heavy atom. The number of hydrogen-bond donors (Lipinski definition) is 2. The summed E-state index contributed by atoms with van der Waals surface area (Å²) in [7, 11) is 0. The molecule has 0 radical (unpaired) electrons. The monoisotopic (exact) mass is 207 g/mol. The molecule has 1 aliphatic rings. The molecular weight excluding hydrogens is 190 g/mol. The molecule has 0 aromatic heterocycles. The first-order valence-corrected chi connectivity index (χ1v) is 5.90. The van der Waals surface area contributed by atoms with E-state index >= 15 is 0 Å². The van der Waals surface area contributed by atoms with Gasteiger partial charge >= 0.3 is 0 Å². The van der Waals surface area contributed by atoms with Crippen LogP contribution in [-0.4, -0.2) is 50.8 Å². The fourth-order valence-corrected chi connectivity index (χ4v) is 2.46. The van der Waals surface area contributed by atoms with Crippen LogP contribution in [0.4, 0.5) is 0 Å². The van der Waals surface area contributed by atoms with E-state index in [2.05, 4.69) is 4.90 Å². The van der Waals surface area contributed by atoms with E-state index in [0.29, 0.717) is 11.7 Å². The third-order valence-electron chi connectivity index (χ3n) is 2.50. The molecule has 1 atom stereocenters. The molecule has 0 saturated carbocycles. The van der Waals surface area contributed by atoms with Gasteiger partial charge < -0.3 is 14.6 Å². The Morgan fingerprint density at radius 2 is 2.00 bits per heavy atom. The van der Waals surface area contributed by atoms with Crippen LogP contribution < -0.4 is 0 Å². The Labute approximate surface area is 81.2 Å². The molecule has 0 amide bonds. The third-order valence-corrected chi connectivity index (χ3v) is 3.26. The first kappa shape index (κ1) is 11.1. The molecule has 1 fully saturated rings. The summed E-state index contributed by atoms with van der Waals surface area (Å²) in [6.07, 6.45) is 1.96. The molecule has 1 heterocycles. The van der Waals surface area contributed by atoms with E-state index in [1.165, 1.54) is 0 Å². The highest BCUT2D eigenvalue weighted by molar-refractivity contribution is 7.79. The van der Waals surface area contributed by atoms with E-state index in [-0.39, 0.29) is 6.61 Å². The summed E-state index contributed by atoms with van der Waals surface area (Å²) in [5, 5.41) is 8.70. The van der Waals surface area contributed by atoms with E-state index < -0.39 is 11.1 Å². The average molecular weight is 207 g/mol. The maximum Gasteiger partial charge on any atom is 0.153 e. The average Bonchev–Trinajstić information content (AvgIpc) is 2.08. The van der Waals surface area contributed by atoms with Crippen LogP contribution in [0.2, 0.25) is 0 Å². The van der Waals surface area contributed by atoms with E-state index in [0.717, 1.165) is 32.5 Å². The Balaban J connectivity index is 2.18. The zero-order valence-corrected chi connectivity index (χ0v) is 8.50. The van der Waals surface area contributed by atoms with Gasteiger partial charge in [-0.1, -0.05) is 0 Å². The Kier molecular flexibility index (Phi) is 4.87. The molecule has 1 rings (SSSR count).